The number of nitrogens with one attached hydrogen (secondary N) is 1. The molecule has 0 amide bonds. The molecule has 1 heterocycles. The third-order valence-electron chi connectivity index (χ3n) is 4.25. The van der Waals surface area contributed by atoms with E-state index in [9.17, 15) is 5.11 Å². The summed E-state index contributed by atoms with van der Waals surface area (Å²) >= 11 is 0. The van der Waals surface area contributed by atoms with Crippen molar-refractivity contribution in [1.29, 1.82) is 0 Å². The number of aliphatic hydroxyl groups is 1. The summed E-state index contributed by atoms with van der Waals surface area (Å²) in [4.78, 5) is 4.31. The first-order valence-electron chi connectivity index (χ1n) is 7.53. The number of fused-ring (bicyclic) bond motifs is 1. The van der Waals surface area contributed by atoms with E-state index < -0.39 is 0 Å². The minimum Gasteiger partial charge on any atom is -0.393 e. The summed E-state index contributed by atoms with van der Waals surface area (Å²) in [5, 5.41) is 15.7. The van der Waals surface area contributed by atoms with Crippen LogP contribution < -0.4 is 5.32 Å². The second kappa shape index (κ2) is 6.33. The number of benzene rings is 1. The van der Waals surface area contributed by atoms with E-state index in [2.05, 4.69) is 28.5 Å². The van der Waals surface area contributed by atoms with Crippen molar-refractivity contribution in [3.05, 3.63) is 42.2 Å². The molecular weight excluding hydrogens is 248 g/mol. The number of nitrogens with zero attached hydrogens (tertiary/aromatic N) is 1. The third-order valence-corrected chi connectivity index (χ3v) is 4.25. The van der Waals surface area contributed by atoms with Gasteiger partial charge in [-0.05, 0) is 42.7 Å². The van der Waals surface area contributed by atoms with Crippen LogP contribution in [0, 0.1) is 5.92 Å². The molecule has 2 N–H and O–H groups in total. The molecule has 0 spiro atoms. The molecule has 0 radical (unpaired) electrons. The maximum absolute atomic E-state index is 9.70. The van der Waals surface area contributed by atoms with Crippen molar-refractivity contribution < 1.29 is 5.11 Å². The highest BCUT2D eigenvalue weighted by Crippen LogP contribution is 2.23. The molecule has 1 aliphatic carbocycles. The van der Waals surface area contributed by atoms with Gasteiger partial charge in [0.05, 0.1) is 6.10 Å². The number of hydrogen-bond donors (Lipinski definition) is 2. The van der Waals surface area contributed by atoms with E-state index >= 15 is 0 Å². The monoisotopic (exact) mass is 270 g/mol. The largest absolute Gasteiger partial charge is 0.393 e. The van der Waals surface area contributed by atoms with Gasteiger partial charge in [0.1, 0.15) is 0 Å². The average Bonchev–Trinajstić information content (AvgIpc) is 2.48. The van der Waals surface area contributed by atoms with E-state index in [0.29, 0.717) is 5.92 Å². The molecule has 1 saturated carbocycles. The lowest BCUT2D eigenvalue weighted by Crippen LogP contribution is -2.29. The Hall–Kier alpha value is -1.45. The van der Waals surface area contributed by atoms with Crippen LogP contribution in [0.1, 0.15) is 31.2 Å². The van der Waals surface area contributed by atoms with Crippen molar-refractivity contribution in [2.75, 3.05) is 6.54 Å². The number of aromatic nitrogens is 1. The van der Waals surface area contributed by atoms with Crippen molar-refractivity contribution in [3.63, 3.8) is 0 Å². The predicted molar refractivity (Wildman–Crippen MR) is 81.4 cm³/mol. The van der Waals surface area contributed by atoms with Crippen molar-refractivity contribution in [3.8, 4) is 0 Å². The molecule has 0 aliphatic heterocycles. The number of rotatable bonds is 4. The molecule has 2 atom stereocenters. The topological polar surface area (TPSA) is 45.1 Å². The molecule has 20 heavy (non-hydrogen) atoms. The summed E-state index contributed by atoms with van der Waals surface area (Å²) in [6, 6.07) is 8.37. The molecule has 3 heteroatoms. The van der Waals surface area contributed by atoms with Gasteiger partial charge in [0.2, 0.25) is 0 Å². The van der Waals surface area contributed by atoms with Gasteiger partial charge in [-0.25, -0.2) is 0 Å². The lowest BCUT2D eigenvalue weighted by Gasteiger charge is -2.26. The Bertz CT molecular complexity index is 564. The highest BCUT2D eigenvalue weighted by Gasteiger charge is 2.19. The zero-order valence-electron chi connectivity index (χ0n) is 11.8. The fraction of sp³-hybridized carbons (Fsp3) is 0.471. The maximum atomic E-state index is 9.70. The highest BCUT2D eigenvalue weighted by atomic mass is 16.3. The lowest BCUT2D eigenvalue weighted by atomic mass is 9.87. The van der Waals surface area contributed by atoms with Gasteiger partial charge in [-0.15, -0.1) is 0 Å². The normalized spacial score (nSPS) is 23.1. The van der Waals surface area contributed by atoms with Gasteiger partial charge in [-0.2, -0.15) is 0 Å². The van der Waals surface area contributed by atoms with Gasteiger partial charge in [-0.3, -0.25) is 4.98 Å². The van der Waals surface area contributed by atoms with Crippen LogP contribution in [0.3, 0.4) is 0 Å². The van der Waals surface area contributed by atoms with Crippen LogP contribution in [-0.2, 0) is 6.54 Å². The van der Waals surface area contributed by atoms with Crippen molar-refractivity contribution >= 4 is 10.8 Å². The molecule has 1 aliphatic rings. The summed E-state index contributed by atoms with van der Waals surface area (Å²) in [7, 11) is 0. The van der Waals surface area contributed by atoms with Crippen molar-refractivity contribution in [2.24, 2.45) is 5.92 Å². The van der Waals surface area contributed by atoms with Gasteiger partial charge >= 0.3 is 0 Å². The summed E-state index contributed by atoms with van der Waals surface area (Å²) in [6.07, 6.45) is 8.09. The zero-order valence-corrected chi connectivity index (χ0v) is 11.8. The number of hydrogen-bond acceptors (Lipinski definition) is 3. The number of pyridine rings is 1. The van der Waals surface area contributed by atoms with Crippen LogP contribution in [0.2, 0.25) is 0 Å². The first-order valence-corrected chi connectivity index (χ1v) is 7.53. The van der Waals surface area contributed by atoms with Gasteiger partial charge in [0, 0.05) is 24.3 Å². The smallest absolute Gasteiger partial charge is 0.0543 e. The molecule has 3 rings (SSSR count). The molecule has 0 saturated heterocycles. The van der Waals surface area contributed by atoms with Crippen LogP contribution in [-0.4, -0.2) is 22.7 Å². The molecular formula is C17H22N2O. The van der Waals surface area contributed by atoms with Crippen LogP contribution in [0.4, 0.5) is 0 Å². The molecule has 1 aromatic heterocycles. The van der Waals surface area contributed by atoms with Gasteiger partial charge in [0.15, 0.2) is 0 Å². The predicted octanol–water partition coefficient (Wildman–Crippen LogP) is 2.88. The average molecular weight is 270 g/mol. The Morgan fingerprint density at radius 2 is 2.10 bits per heavy atom. The Balaban J connectivity index is 1.60. The van der Waals surface area contributed by atoms with Crippen LogP contribution in [0.5, 0.6) is 0 Å². The van der Waals surface area contributed by atoms with Gasteiger partial charge in [0.25, 0.3) is 0 Å². The van der Waals surface area contributed by atoms with E-state index in [1.54, 1.807) is 0 Å². The zero-order chi connectivity index (χ0) is 13.8. The fourth-order valence-corrected chi connectivity index (χ4v) is 3.18. The van der Waals surface area contributed by atoms with Crippen LogP contribution in [0.25, 0.3) is 10.8 Å². The standard InChI is InChI=1S/C17H22N2O/c20-16-6-3-4-13(8-16)9-18-11-15-12-19-10-14-5-1-2-7-17(14)15/h1-2,5,7,10,12-13,16,18,20H,3-4,6,8-9,11H2. The summed E-state index contributed by atoms with van der Waals surface area (Å²) < 4.78 is 0. The van der Waals surface area contributed by atoms with Crippen molar-refractivity contribution in [2.45, 2.75) is 38.3 Å². The molecule has 2 aromatic rings. The summed E-state index contributed by atoms with van der Waals surface area (Å²) in [6.45, 7) is 1.83. The Morgan fingerprint density at radius 1 is 1.20 bits per heavy atom. The molecule has 2 unspecified atom stereocenters. The SMILES string of the molecule is OC1CCCC(CNCc2cncc3ccccc23)C1. The minimum atomic E-state index is -0.0882. The second-order valence-electron chi connectivity index (χ2n) is 5.84. The van der Waals surface area contributed by atoms with E-state index in [1.807, 2.05) is 18.5 Å². The van der Waals surface area contributed by atoms with Gasteiger partial charge in [-0.1, -0.05) is 30.7 Å². The lowest BCUT2D eigenvalue weighted by molar-refractivity contribution is 0.101. The second-order valence-corrected chi connectivity index (χ2v) is 5.84. The van der Waals surface area contributed by atoms with E-state index in [-0.39, 0.29) is 6.10 Å². The molecule has 3 nitrogen and oxygen atoms in total. The molecule has 1 aromatic carbocycles. The molecule has 106 valence electrons. The molecule has 0 bridgehead atoms. The highest BCUT2D eigenvalue weighted by molar-refractivity contribution is 5.84. The number of aliphatic hydroxyl groups excluding tert-OH is 1. The van der Waals surface area contributed by atoms with E-state index in [0.717, 1.165) is 32.4 Å². The maximum Gasteiger partial charge on any atom is 0.0543 e. The quantitative estimate of drug-likeness (QED) is 0.898. The summed E-state index contributed by atoms with van der Waals surface area (Å²) in [5.41, 5.74) is 1.25. The Morgan fingerprint density at radius 3 is 3.00 bits per heavy atom. The first kappa shape index (κ1) is 13.5. The minimum absolute atomic E-state index is 0.0882. The van der Waals surface area contributed by atoms with Gasteiger partial charge < -0.3 is 10.4 Å². The Kier molecular flexibility index (Phi) is 4.28. The Labute approximate surface area is 120 Å². The van der Waals surface area contributed by atoms with Crippen LogP contribution in [0.15, 0.2) is 36.7 Å². The first-order chi connectivity index (χ1) is 9.83. The molecule has 1 fully saturated rings. The van der Waals surface area contributed by atoms with Crippen LogP contribution >= 0.6 is 0 Å². The van der Waals surface area contributed by atoms with E-state index in [4.69, 9.17) is 0 Å². The van der Waals surface area contributed by atoms with Crippen molar-refractivity contribution in [1.82, 2.24) is 10.3 Å². The fourth-order valence-electron chi connectivity index (χ4n) is 3.18. The van der Waals surface area contributed by atoms with E-state index in [1.165, 1.54) is 22.8 Å². The third kappa shape index (κ3) is 3.17. The summed E-state index contributed by atoms with van der Waals surface area (Å²) in [5.74, 6) is 0.613.